The number of hydrogen-bond donors (Lipinski definition) is 5. The number of hydrogen-bond acceptors (Lipinski definition) is 17. The Morgan fingerprint density at radius 3 is 1.52 bits per heavy atom. The van der Waals surface area contributed by atoms with Crippen LogP contribution < -0.4 is 39.0 Å². The van der Waals surface area contributed by atoms with E-state index >= 15 is 0 Å². The van der Waals surface area contributed by atoms with Crippen LogP contribution >= 0.6 is 0 Å². The maximum atomic E-state index is 14.8. The third kappa shape index (κ3) is 14.6. The molecule has 0 bridgehead atoms. The monoisotopic (exact) mass is 1120 g/mol. The number of carbonyl (C=O) groups excluding carboxylic acids is 2. The highest BCUT2D eigenvalue weighted by Gasteiger charge is 2.35. The predicted octanol–water partition coefficient (Wildman–Crippen LogP) is 1.47. The maximum Gasteiger partial charge on any atom is 0.248 e. The van der Waals surface area contributed by atoms with Gasteiger partial charge in [-0.25, -0.2) is 9.36 Å². The fourth-order valence-corrected chi connectivity index (χ4v) is 9.97. The van der Waals surface area contributed by atoms with E-state index in [9.17, 15) is 9.59 Å². The van der Waals surface area contributed by atoms with Gasteiger partial charge in [0.15, 0.2) is 0 Å². The summed E-state index contributed by atoms with van der Waals surface area (Å²) < 4.78 is 20.0. The number of ether oxygens (including phenoxy) is 3. The largest absolute Gasteiger partial charge is 1.00 e. The van der Waals surface area contributed by atoms with Gasteiger partial charge >= 0.3 is 0 Å². The lowest BCUT2D eigenvalue weighted by molar-refractivity contribution is -0.136. The number of nitrogens with one attached hydrogen (secondary N) is 3. The first-order chi connectivity index (χ1) is 38.5. The van der Waals surface area contributed by atoms with E-state index in [0.717, 1.165) is 46.0 Å². The average molecular weight is 1120 g/mol. The summed E-state index contributed by atoms with van der Waals surface area (Å²) in [5.41, 5.74) is 18.4. The van der Waals surface area contributed by atoms with Gasteiger partial charge in [0.25, 0.3) is 0 Å². The van der Waals surface area contributed by atoms with Gasteiger partial charge in [-0.05, 0) is 46.9 Å². The molecule has 0 radical (unpaired) electrons. The summed E-state index contributed by atoms with van der Waals surface area (Å²) in [6.07, 6.45) is 11.4. The topological polar surface area (TPSA) is 271 Å². The number of aromatic amines is 2. The zero-order valence-corrected chi connectivity index (χ0v) is 47.0. The Labute approximate surface area is 473 Å². The summed E-state index contributed by atoms with van der Waals surface area (Å²) in [4.78, 5) is 59.4. The predicted molar refractivity (Wildman–Crippen MR) is 302 cm³/mol. The molecule has 6 atom stereocenters. The molecule has 6 unspecified atom stereocenters. The summed E-state index contributed by atoms with van der Waals surface area (Å²) in [5.74, 6) is 4.03. The molecule has 2 fully saturated rings. The highest BCUT2D eigenvalue weighted by molar-refractivity contribution is 5.84. The van der Waals surface area contributed by atoms with Crippen LogP contribution in [0.3, 0.4) is 0 Å². The molecule has 2 aromatic carbocycles. The number of aromatic nitrogens is 11. The molecule has 0 saturated carbocycles. The third-order valence-corrected chi connectivity index (χ3v) is 15.3. The first kappa shape index (κ1) is 58.9. The second-order valence-corrected chi connectivity index (χ2v) is 20.6. The van der Waals surface area contributed by atoms with E-state index < -0.39 is 12.1 Å². The standard InChI is InChI=1S/C56H76N18O5.ClH/c1-6-26-77-28-30-79-31-29-78-27-17-59-54-62-55(71-22-18-69(19-23-71)52(75)48(34-42-32-40-13-9-11-15-44(40)60-42)73-36-46(65-67-73)50(57)38(4)7-2)64-56(63-54)72-24-20-70(21-25-72)53(76)49(35-43-33-41-14-10-12-16-45(41)61-43)74-37-47(66-68-74)51(58)39(5)8-3;/h1,9-16,32-33,36-39,48-51,60-61H,7-8,17-31,34-35,57-58H2,2-5H3,(H,59,62,63,64);1H/p-1. The molecule has 2 saturated heterocycles. The number of fused-ring (bicyclic) bond motifs is 2. The summed E-state index contributed by atoms with van der Waals surface area (Å²) in [7, 11) is 0. The highest BCUT2D eigenvalue weighted by Crippen LogP contribution is 2.28. The summed E-state index contributed by atoms with van der Waals surface area (Å²) in [5, 5.41) is 23.4. The molecule has 5 aromatic heterocycles. The fraction of sp³-hybridized carbons (Fsp3) is 0.518. The molecule has 7 N–H and O–H groups in total. The van der Waals surface area contributed by atoms with Crippen LogP contribution in [0.4, 0.5) is 17.8 Å². The van der Waals surface area contributed by atoms with Crippen LogP contribution in [0.15, 0.2) is 73.1 Å². The molecule has 0 aliphatic carbocycles. The van der Waals surface area contributed by atoms with Crippen LogP contribution in [-0.4, -0.2) is 175 Å². The molecular formula is C56H76ClN18O5-. The Balaban J connectivity index is 0.00000841. The summed E-state index contributed by atoms with van der Waals surface area (Å²) in [6.45, 7) is 14.6. The minimum absolute atomic E-state index is 0. The van der Waals surface area contributed by atoms with Crippen molar-refractivity contribution in [2.24, 2.45) is 23.3 Å². The number of para-hydroxylation sites is 2. The smallest absolute Gasteiger partial charge is 0.248 e. The van der Waals surface area contributed by atoms with Crippen molar-refractivity contribution in [3.8, 4) is 12.3 Å². The number of H-pyrrole nitrogens is 2. The zero-order valence-electron chi connectivity index (χ0n) is 46.3. The molecular weight excluding hydrogens is 1040 g/mol. The lowest BCUT2D eigenvalue weighted by Crippen LogP contribution is -3.00. The van der Waals surface area contributed by atoms with E-state index in [2.05, 4.69) is 104 Å². The van der Waals surface area contributed by atoms with Crippen molar-refractivity contribution in [1.82, 2.24) is 64.7 Å². The molecule has 2 amide bonds. The van der Waals surface area contributed by atoms with Gasteiger partial charge in [0, 0.05) is 94.2 Å². The normalized spacial score (nSPS) is 16.3. The van der Waals surface area contributed by atoms with Crippen LogP contribution in [0.25, 0.3) is 21.8 Å². The van der Waals surface area contributed by atoms with Crippen molar-refractivity contribution >= 4 is 51.5 Å². The Kier molecular flexibility index (Phi) is 20.8. The second kappa shape index (κ2) is 28.3. The number of nitrogens with zero attached hydrogens (tertiary/aromatic N) is 13. The van der Waals surface area contributed by atoms with Crippen LogP contribution in [0.1, 0.15) is 87.5 Å². The maximum absolute atomic E-state index is 14.8. The van der Waals surface area contributed by atoms with Crippen molar-refractivity contribution in [2.75, 3.05) is 114 Å². The molecule has 428 valence electrons. The van der Waals surface area contributed by atoms with Gasteiger partial charge in [0.2, 0.25) is 29.7 Å². The third-order valence-electron chi connectivity index (χ3n) is 15.3. The number of anilines is 3. The zero-order chi connectivity index (χ0) is 55.3. The van der Waals surface area contributed by atoms with E-state index in [1.165, 1.54) is 0 Å². The first-order valence-electron chi connectivity index (χ1n) is 27.7. The van der Waals surface area contributed by atoms with Crippen LogP contribution in [0.2, 0.25) is 0 Å². The van der Waals surface area contributed by atoms with Crippen molar-refractivity contribution < 1.29 is 36.2 Å². The number of piperazine rings is 2. The van der Waals surface area contributed by atoms with Crippen molar-refractivity contribution in [3.05, 3.63) is 95.8 Å². The Morgan fingerprint density at radius 1 is 0.650 bits per heavy atom. The second-order valence-electron chi connectivity index (χ2n) is 20.6. The quantitative estimate of drug-likeness (QED) is 0.0361. The molecule has 2 aliphatic rings. The minimum Gasteiger partial charge on any atom is -1.00 e. The van der Waals surface area contributed by atoms with Gasteiger partial charge in [-0.3, -0.25) is 9.59 Å². The minimum atomic E-state index is -0.665. The number of benzene rings is 2. The Bertz CT molecular complexity index is 2870. The lowest BCUT2D eigenvalue weighted by atomic mass is 9.98. The molecule has 7 aromatic rings. The van der Waals surface area contributed by atoms with Crippen molar-refractivity contribution in [3.63, 3.8) is 0 Å². The number of amides is 2. The Hall–Kier alpha value is -7.20. The molecule has 24 heteroatoms. The van der Waals surface area contributed by atoms with E-state index in [1.807, 2.05) is 58.6 Å². The van der Waals surface area contributed by atoms with Gasteiger partial charge in [-0.1, -0.05) is 93.3 Å². The molecule has 9 rings (SSSR count). The number of halogens is 1. The summed E-state index contributed by atoms with van der Waals surface area (Å²) >= 11 is 0. The van der Waals surface area contributed by atoms with Gasteiger partial charge in [-0.15, -0.1) is 16.6 Å². The number of carbonyl (C=O) groups is 2. The highest BCUT2D eigenvalue weighted by atomic mass is 35.5. The molecule has 0 spiro atoms. The van der Waals surface area contributed by atoms with Crippen molar-refractivity contribution in [2.45, 2.75) is 77.5 Å². The van der Waals surface area contributed by atoms with E-state index in [4.69, 9.17) is 47.1 Å². The molecule has 80 heavy (non-hydrogen) atoms. The number of nitrogens with two attached hydrogens (primary N) is 2. The number of rotatable bonds is 27. The van der Waals surface area contributed by atoms with E-state index in [0.29, 0.717) is 134 Å². The van der Waals surface area contributed by atoms with Crippen LogP contribution in [0, 0.1) is 24.2 Å². The average Bonchev–Trinajstić information content (AvgIpc) is 4.35. The van der Waals surface area contributed by atoms with Gasteiger partial charge in [-0.2, -0.15) is 15.0 Å². The van der Waals surface area contributed by atoms with E-state index in [-0.39, 0.29) is 54.7 Å². The lowest BCUT2D eigenvalue weighted by Gasteiger charge is -2.38. The van der Waals surface area contributed by atoms with E-state index in [1.54, 1.807) is 9.36 Å². The fourth-order valence-electron chi connectivity index (χ4n) is 9.97. The van der Waals surface area contributed by atoms with Crippen molar-refractivity contribution in [1.29, 1.82) is 0 Å². The SMILES string of the molecule is C#CCOCCOCCOCCNc1nc(N2CCN(C(=O)C(Cc3cc4ccccc4[nH]3)n3cc(C(N)C(C)CC)nn3)CC2)nc(N2CCN(C(=O)C(Cc3cc4ccccc4[nH]3)n3cc(C(N)C(C)CC)nn3)CC2)n1.[Cl-]. The number of terminal acetylenes is 1. The van der Waals surface area contributed by atoms with Gasteiger partial charge in [0.05, 0.1) is 68.9 Å². The van der Waals surface area contributed by atoms with Crippen LogP contribution in [0.5, 0.6) is 0 Å². The van der Waals surface area contributed by atoms with Crippen LogP contribution in [-0.2, 0) is 36.6 Å². The molecule has 7 heterocycles. The Morgan fingerprint density at radius 2 is 1.09 bits per heavy atom. The first-order valence-corrected chi connectivity index (χ1v) is 27.7. The molecule has 23 nitrogen and oxygen atoms in total. The summed E-state index contributed by atoms with van der Waals surface area (Å²) in [6, 6.07) is 18.4. The molecule has 2 aliphatic heterocycles. The van der Waals surface area contributed by atoms with Gasteiger partial charge in [0.1, 0.15) is 18.7 Å². The van der Waals surface area contributed by atoms with Gasteiger partial charge < -0.3 is 73.0 Å².